The molecule has 0 saturated carbocycles. The molecule has 3 aliphatic heterocycles. The standard InChI is InChI=1S/C26H40O11/c1-26(2)33-14-17-20(37-26)21(29-4)18(27)24(34-17)36-19-16(13-28-3)35-25(31-6)23(22(19)30-5)32-12-15-10-8-7-9-11-15/h7-11,16-25,27H,12-14H2,1-6H3/t16?,17-,18?,19+,20+,21?,22-,23?,24+,25-/m0/s1. The lowest BCUT2D eigenvalue weighted by Gasteiger charge is -2.51. The van der Waals surface area contributed by atoms with Gasteiger partial charge in [0.1, 0.15) is 48.8 Å². The van der Waals surface area contributed by atoms with Gasteiger partial charge >= 0.3 is 0 Å². The largest absolute Gasteiger partial charge is 0.385 e. The van der Waals surface area contributed by atoms with Gasteiger partial charge in [-0.2, -0.15) is 0 Å². The molecule has 0 radical (unpaired) electrons. The Hall–Kier alpha value is -1.22. The van der Waals surface area contributed by atoms with Crippen LogP contribution in [0.25, 0.3) is 0 Å². The Morgan fingerprint density at radius 2 is 1.62 bits per heavy atom. The number of hydrogen-bond acceptors (Lipinski definition) is 11. The maximum absolute atomic E-state index is 11.2. The fraction of sp³-hybridized carbons (Fsp3) is 0.769. The fourth-order valence-electron chi connectivity index (χ4n) is 5.10. The summed E-state index contributed by atoms with van der Waals surface area (Å²) in [5.74, 6) is -0.824. The van der Waals surface area contributed by atoms with E-state index in [0.29, 0.717) is 6.61 Å². The molecule has 3 heterocycles. The van der Waals surface area contributed by atoms with Crippen molar-refractivity contribution in [3.05, 3.63) is 35.9 Å². The first-order chi connectivity index (χ1) is 17.8. The average molecular weight is 529 g/mol. The van der Waals surface area contributed by atoms with Crippen molar-refractivity contribution in [2.75, 3.05) is 41.7 Å². The molecule has 1 aromatic rings. The van der Waals surface area contributed by atoms with E-state index >= 15 is 0 Å². The van der Waals surface area contributed by atoms with Crippen molar-refractivity contribution in [1.29, 1.82) is 0 Å². The summed E-state index contributed by atoms with van der Waals surface area (Å²) in [6.07, 6.45) is -7.27. The second kappa shape index (κ2) is 12.8. The number of hydrogen-bond donors (Lipinski definition) is 1. The van der Waals surface area contributed by atoms with E-state index in [1.165, 1.54) is 7.11 Å². The number of methoxy groups -OCH3 is 4. The van der Waals surface area contributed by atoms with Crippen molar-refractivity contribution in [2.45, 2.75) is 87.7 Å². The number of aliphatic hydroxyl groups excluding tert-OH is 1. The second-order valence-electron chi connectivity index (χ2n) is 9.82. The highest BCUT2D eigenvalue weighted by atomic mass is 16.8. The smallest absolute Gasteiger partial charge is 0.187 e. The van der Waals surface area contributed by atoms with E-state index in [1.807, 2.05) is 44.2 Å². The Morgan fingerprint density at radius 3 is 2.27 bits per heavy atom. The van der Waals surface area contributed by atoms with E-state index in [4.69, 9.17) is 47.4 Å². The van der Waals surface area contributed by atoms with E-state index < -0.39 is 67.2 Å². The molecule has 37 heavy (non-hydrogen) atoms. The van der Waals surface area contributed by atoms with Crippen LogP contribution in [0, 0.1) is 0 Å². The predicted molar refractivity (Wildman–Crippen MR) is 129 cm³/mol. The van der Waals surface area contributed by atoms with Crippen LogP contribution in [0.3, 0.4) is 0 Å². The molecular weight excluding hydrogens is 488 g/mol. The zero-order valence-corrected chi connectivity index (χ0v) is 22.3. The van der Waals surface area contributed by atoms with Crippen LogP contribution in [0.4, 0.5) is 0 Å². The quantitative estimate of drug-likeness (QED) is 0.473. The molecule has 11 nitrogen and oxygen atoms in total. The van der Waals surface area contributed by atoms with Crippen molar-refractivity contribution in [3.63, 3.8) is 0 Å². The predicted octanol–water partition coefficient (Wildman–Crippen LogP) is 1.24. The van der Waals surface area contributed by atoms with E-state index in [-0.39, 0.29) is 13.2 Å². The lowest BCUT2D eigenvalue weighted by Crippen LogP contribution is -2.67. The van der Waals surface area contributed by atoms with Crippen LogP contribution in [-0.2, 0) is 54.0 Å². The molecule has 0 aliphatic carbocycles. The molecule has 11 heteroatoms. The van der Waals surface area contributed by atoms with Crippen molar-refractivity contribution in [1.82, 2.24) is 0 Å². The summed E-state index contributed by atoms with van der Waals surface area (Å²) in [5.41, 5.74) is 0.990. The third-order valence-corrected chi connectivity index (χ3v) is 6.90. The minimum Gasteiger partial charge on any atom is -0.385 e. The zero-order chi connectivity index (χ0) is 26.6. The average Bonchev–Trinajstić information content (AvgIpc) is 2.89. The third-order valence-electron chi connectivity index (χ3n) is 6.90. The van der Waals surface area contributed by atoms with Gasteiger partial charge < -0.3 is 52.5 Å². The molecule has 4 rings (SSSR count). The molecule has 3 fully saturated rings. The van der Waals surface area contributed by atoms with Gasteiger partial charge in [-0.25, -0.2) is 0 Å². The van der Waals surface area contributed by atoms with Crippen molar-refractivity contribution < 1.29 is 52.5 Å². The number of benzene rings is 1. The number of ether oxygens (including phenoxy) is 10. The molecule has 0 amide bonds. The highest BCUT2D eigenvalue weighted by Crippen LogP contribution is 2.36. The van der Waals surface area contributed by atoms with Crippen LogP contribution in [0.5, 0.6) is 0 Å². The summed E-state index contributed by atoms with van der Waals surface area (Å²) in [7, 11) is 6.20. The Bertz CT molecular complexity index is 824. The fourth-order valence-corrected chi connectivity index (χ4v) is 5.10. The van der Waals surface area contributed by atoms with Crippen molar-refractivity contribution >= 4 is 0 Å². The van der Waals surface area contributed by atoms with Crippen LogP contribution in [0.2, 0.25) is 0 Å². The second-order valence-corrected chi connectivity index (χ2v) is 9.82. The topological polar surface area (TPSA) is 113 Å². The summed E-state index contributed by atoms with van der Waals surface area (Å²) < 4.78 is 59.3. The Labute approximate surface area is 218 Å². The van der Waals surface area contributed by atoms with Gasteiger partial charge in [0.2, 0.25) is 0 Å². The van der Waals surface area contributed by atoms with Gasteiger partial charge in [0, 0.05) is 28.4 Å². The van der Waals surface area contributed by atoms with Gasteiger partial charge in [0.25, 0.3) is 0 Å². The third kappa shape index (κ3) is 6.51. The van der Waals surface area contributed by atoms with E-state index in [9.17, 15) is 5.11 Å². The number of rotatable bonds is 10. The van der Waals surface area contributed by atoms with Crippen molar-refractivity contribution in [2.24, 2.45) is 0 Å². The molecule has 0 spiro atoms. The van der Waals surface area contributed by atoms with Gasteiger partial charge in [-0.15, -0.1) is 0 Å². The number of fused-ring (bicyclic) bond motifs is 1. The Balaban J connectivity index is 1.54. The van der Waals surface area contributed by atoms with Crippen LogP contribution in [-0.4, -0.2) is 114 Å². The van der Waals surface area contributed by atoms with Crippen LogP contribution in [0.15, 0.2) is 30.3 Å². The first kappa shape index (κ1) is 28.8. The monoisotopic (exact) mass is 528 g/mol. The zero-order valence-electron chi connectivity index (χ0n) is 22.3. The lowest BCUT2D eigenvalue weighted by molar-refractivity contribution is -0.401. The van der Waals surface area contributed by atoms with Gasteiger partial charge in [-0.05, 0) is 19.4 Å². The Kier molecular flexibility index (Phi) is 9.92. The van der Waals surface area contributed by atoms with Gasteiger partial charge in [-0.3, -0.25) is 0 Å². The first-order valence-corrected chi connectivity index (χ1v) is 12.5. The van der Waals surface area contributed by atoms with E-state index in [0.717, 1.165) is 5.56 Å². The molecule has 210 valence electrons. The van der Waals surface area contributed by atoms with E-state index in [2.05, 4.69) is 0 Å². The minimum atomic E-state index is -1.15. The summed E-state index contributed by atoms with van der Waals surface area (Å²) in [4.78, 5) is 0. The molecule has 10 atom stereocenters. The molecule has 1 N–H and O–H groups in total. The maximum atomic E-state index is 11.2. The Morgan fingerprint density at radius 1 is 0.892 bits per heavy atom. The van der Waals surface area contributed by atoms with Gasteiger partial charge in [-0.1, -0.05) is 30.3 Å². The molecule has 3 saturated heterocycles. The molecule has 4 unspecified atom stereocenters. The van der Waals surface area contributed by atoms with Crippen LogP contribution < -0.4 is 0 Å². The summed E-state index contributed by atoms with van der Waals surface area (Å²) >= 11 is 0. The lowest BCUT2D eigenvalue weighted by atomic mass is 9.95. The van der Waals surface area contributed by atoms with Gasteiger partial charge in [0.05, 0.1) is 19.8 Å². The number of aliphatic hydroxyl groups is 1. The molecule has 0 bridgehead atoms. The van der Waals surface area contributed by atoms with E-state index in [1.54, 1.807) is 21.3 Å². The van der Waals surface area contributed by atoms with Crippen LogP contribution in [0.1, 0.15) is 19.4 Å². The highest BCUT2D eigenvalue weighted by Gasteiger charge is 2.55. The SMILES string of the molecule is COCC1O[C@H](OC)C(OCc2ccccc2)[C@@H](OC)[C@@H]1O[C@H]1O[C@H]2COC(C)(C)O[C@H]2C(OC)C1O. The highest BCUT2D eigenvalue weighted by molar-refractivity contribution is 5.13. The maximum Gasteiger partial charge on any atom is 0.187 e. The molecular formula is C26H40O11. The summed E-state index contributed by atoms with van der Waals surface area (Å²) in [5, 5.41) is 11.2. The molecule has 3 aliphatic rings. The summed E-state index contributed by atoms with van der Waals surface area (Å²) in [6.45, 7) is 4.39. The normalized spacial score (nSPS) is 39.8. The molecule has 1 aromatic carbocycles. The van der Waals surface area contributed by atoms with Crippen molar-refractivity contribution in [3.8, 4) is 0 Å². The summed E-state index contributed by atoms with van der Waals surface area (Å²) in [6, 6.07) is 9.77. The van der Waals surface area contributed by atoms with Gasteiger partial charge in [0.15, 0.2) is 18.4 Å². The van der Waals surface area contributed by atoms with Crippen LogP contribution >= 0.6 is 0 Å². The minimum absolute atomic E-state index is 0.193. The first-order valence-electron chi connectivity index (χ1n) is 12.5. The molecule has 0 aromatic heterocycles.